The Kier molecular flexibility index (Phi) is 4.63. The molecule has 0 fully saturated rings. The molecule has 2 N–H and O–H groups in total. The van der Waals surface area contributed by atoms with Gasteiger partial charge in [-0.05, 0) is 40.5 Å². The van der Waals surface area contributed by atoms with Gasteiger partial charge in [-0.2, -0.15) is 18.2 Å². The van der Waals surface area contributed by atoms with Crippen LogP contribution >= 0.6 is 0 Å². The first-order chi connectivity index (χ1) is 13.6. The number of fused-ring (bicyclic) bond motifs is 2. The van der Waals surface area contributed by atoms with Gasteiger partial charge >= 0.3 is 6.18 Å². The maximum absolute atomic E-state index is 12.3. The maximum Gasteiger partial charge on any atom is 0.390 e. The first-order valence-corrected chi connectivity index (χ1v) is 9.57. The number of hydrogen-bond acceptors (Lipinski definition) is 3. The molecule has 1 aromatic carbocycles. The fraction of sp³-hybridized carbons (Fsp3) is 0.364. The SMILES string of the molecule is C=C1CC(C)(C)Cc2cc(-c3c[nH]c4nc(NCCC(F)(F)F)ncc34)ccc21. The highest BCUT2D eigenvalue weighted by Gasteiger charge is 2.28. The van der Waals surface area contributed by atoms with Crippen LogP contribution in [0.4, 0.5) is 19.1 Å². The minimum atomic E-state index is -4.21. The second-order valence-corrected chi connectivity index (χ2v) is 8.44. The van der Waals surface area contributed by atoms with E-state index in [2.05, 4.69) is 58.9 Å². The highest BCUT2D eigenvalue weighted by Crippen LogP contribution is 2.42. The summed E-state index contributed by atoms with van der Waals surface area (Å²) in [7, 11) is 0. The number of nitrogens with zero attached hydrogens (tertiary/aromatic N) is 2. The van der Waals surface area contributed by atoms with Gasteiger partial charge in [0, 0.05) is 29.9 Å². The van der Waals surface area contributed by atoms with Gasteiger partial charge in [-0.3, -0.25) is 0 Å². The van der Waals surface area contributed by atoms with Crippen molar-refractivity contribution >= 4 is 22.6 Å². The van der Waals surface area contributed by atoms with Crippen LogP contribution in [-0.4, -0.2) is 27.7 Å². The molecule has 152 valence electrons. The van der Waals surface area contributed by atoms with Gasteiger partial charge in [-0.15, -0.1) is 0 Å². The molecule has 2 aromatic heterocycles. The van der Waals surface area contributed by atoms with E-state index in [-0.39, 0.29) is 17.9 Å². The smallest absolute Gasteiger partial charge is 0.354 e. The van der Waals surface area contributed by atoms with Gasteiger partial charge in [0.25, 0.3) is 0 Å². The molecule has 7 heteroatoms. The lowest BCUT2D eigenvalue weighted by Gasteiger charge is -2.33. The number of H-pyrrole nitrogens is 1. The topological polar surface area (TPSA) is 53.6 Å². The molecule has 4 nitrogen and oxygen atoms in total. The highest BCUT2D eigenvalue weighted by atomic mass is 19.4. The van der Waals surface area contributed by atoms with E-state index in [9.17, 15) is 13.2 Å². The highest BCUT2D eigenvalue weighted by molar-refractivity contribution is 5.94. The van der Waals surface area contributed by atoms with Gasteiger partial charge in [-0.25, -0.2) is 4.98 Å². The Morgan fingerprint density at radius 2 is 2.00 bits per heavy atom. The molecule has 4 rings (SSSR count). The molecule has 0 saturated heterocycles. The number of hydrogen-bond donors (Lipinski definition) is 2. The summed E-state index contributed by atoms with van der Waals surface area (Å²) in [6.45, 7) is 8.48. The van der Waals surface area contributed by atoms with E-state index in [0.717, 1.165) is 29.4 Å². The Hall–Kier alpha value is -2.83. The van der Waals surface area contributed by atoms with Gasteiger partial charge < -0.3 is 10.3 Å². The fourth-order valence-corrected chi connectivity index (χ4v) is 4.05. The zero-order valence-corrected chi connectivity index (χ0v) is 16.5. The second-order valence-electron chi connectivity index (χ2n) is 8.44. The van der Waals surface area contributed by atoms with Crippen LogP contribution < -0.4 is 5.32 Å². The first-order valence-electron chi connectivity index (χ1n) is 9.57. The van der Waals surface area contributed by atoms with Crippen LogP contribution in [0.3, 0.4) is 0 Å². The Labute approximate surface area is 167 Å². The monoisotopic (exact) mass is 400 g/mol. The van der Waals surface area contributed by atoms with Crippen molar-refractivity contribution in [3.05, 3.63) is 48.3 Å². The minimum absolute atomic E-state index is 0.179. The average molecular weight is 400 g/mol. The molecule has 1 aliphatic carbocycles. The second kappa shape index (κ2) is 6.90. The number of aromatic nitrogens is 3. The van der Waals surface area contributed by atoms with Crippen molar-refractivity contribution in [2.45, 2.75) is 39.3 Å². The Morgan fingerprint density at radius 3 is 2.76 bits per heavy atom. The molecule has 0 spiro atoms. The van der Waals surface area contributed by atoms with Crippen LogP contribution in [0.15, 0.2) is 37.2 Å². The zero-order chi connectivity index (χ0) is 20.8. The van der Waals surface area contributed by atoms with Gasteiger partial charge in [0.2, 0.25) is 5.95 Å². The zero-order valence-electron chi connectivity index (χ0n) is 16.5. The molecule has 2 heterocycles. The summed E-state index contributed by atoms with van der Waals surface area (Å²) in [6, 6.07) is 6.38. The first kappa shape index (κ1) is 19.5. The van der Waals surface area contributed by atoms with E-state index in [1.54, 1.807) is 6.20 Å². The number of allylic oxidation sites excluding steroid dienone is 1. The van der Waals surface area contributed by atoms with Gasteiger partial charge in [0.15, 0.2) is 0 Å². The molecular weight excluding hydrogens is 377 g/mol. The van der Waals surface area contributed by atoms with Gasteiger partial charge in [0.1, 0.15) is 5.65 Å². The summed E-state index contributed by atoms with van der Waals surface area (Å²) < 4.78 is 36.9. The molecule has 0 radical (unpaired) electrons. The Morgan fingerprint density at radius 1 is 1.21 bits per heavy atom. The fourth-order valence-electron chi connectivity index (χ4n) is 4.05. The van der Waals surface area contributed by atoms with Crippen LogP contribution in [0, 0.1) is 5.41 Å². The van der Waals surface area contributed by atoms with Gasteiger partial charge in [-0.1, -0.05) is 38.6 Å². The lowest BCUT2D eigenvalue weighted by atomic mass is 9.72. The van der Waals surface area contributed by atoms with Crippen LogP contribution in [-0.2, 0) is 6.42 Å². The van der Waals surface area contributed by atoms with Crippen molar-refractivity contribution in [3.8, 4) is 11.1 Å². The van der Waals surface area contributed by atoms with Crippen molar-refractivity contribution < 1.29 is 13.2 Å². The number of nitrogens with one attached hydrogen (secondary N) is 2. The molecule has 0 atom stereocenters. The molecule has 3 aromatic rings. The number of halogens is 3. The van der Waals surface area contributed by atoms with E-state index >= 15 is 0 Å². The average Bonchev–Trinajstić information content (AvgIpc) is 3.02. The number of aromatic amines is 1. The van der Waals surface area contributed by atoms with Crippen molar-refractivity contribution in [2.75, 3.05) is 11.9 Å². The van der Waals surface area contributed by atoms with Crippen molar-refractivity contribution in [3.63, 3.8) is 0 Å². The van der Waals surface area contributed by atoms with Crippen LogP contribution in [0.1, 0.15) is 37.8 Å². The van der Waals surface area contributed by atoms with E-state index in [4.69, 9.17) is 0 Å². The van der Waals surface area contributed by atoms with Crippen molar-refractivity contribution in [1.82, 2.24) is 15.0 Å². The summed E-state index contributed by atoms with van der Waals surface area (Å²) in [5.41, 5.74) is 6.47. The summed E-state index contributed by atoms with van der Waals surface area (Å²) in [5.74, 6) is 0.179. The number of anilines is 1. The molecule has 0 aliphatic heterocycles. The standard InChI is InChI=1S/C22H23F3N4/c1-13-9-21(2,3)10-15-8-14(4-5-16(13)15)17-11-27-19-18(17)12-28-20(29-19)26-7-6-22(23,24)25/h4-5,8,11-12H,1,6-7,9-10H2,2-3H3,(H2,26,27,28,29). The predicted molar refractivity (Wildman–Crippen MR) is 110 cm³/mol. The third kappa shape index (κ3) is 4.13. The summed E-state index contributed by atoms with van der Waals surface area (Å²) in [4.78, 5) is 11.6. The maximum atomic E-state index is 12.3. The van der Waals surface area contributed by atoms with E-state index in [1.165, 1.54) is 16.7 Å². The van der Waals surface area contributed by atoms with Crippen molar-refractivity contribution in [2.24, 2.45) is 5.41 Å². The molecule has 0 bridgehead atoms. The summed E-state index contributed by atoms with van der Waals surface area (Å²) in [5, 5.41) is 3.46. The predicted octanol–water partition coefficient (Wildman–Crippen LogP) is 5.97. The van der Waals surface area contributed by atoms with E-state index in [0.29, 0.717) is 5.65 Å². The number of benzene rings is 1. The molecule has 0 saturated carbocycles. The minimum Gasteiger partial charge on any atom is -0.354 e. The lowest BCUT2D eigenvalue weighted by Crippen LogP contribution is -2.21. The van der Waals surface area contributed by atoms with Crippen molar-refractivity contribution in [1.29, 1.82) is 0 Å². The van der Waals surface area contributed by atoms with Gasteiger partial charge in [0.05, 0.1) is 6.42 Å². The summed E-state index contributed by atoms with van der Waals surface area (Å²) in [6.07, 6.45) is 0.353. The number of rotatable bonds is 4. The largest absolute Gasteiger partial charge is 0.390 e. The Bertz CT molecular complexity index is 1080. The molecule has 1 aliphatic rings. The quantitative estimate of drug-likeness (QED) is 0.567. The van der Waals surface area contributed by atoms with Crippen LogP contribution in [0.2, 0.25) is 0 Å². The van der Waals surface area contributed by atoms with E-state index in [1.807, 2.05) is 6.20 Å². The molecule has 29 heavy (non-hydrogen) atoms. The third-order valence-corrected chi connectivity index (χ3v) is 5.28. The van der Waals surface area contributed by atoms with Crippen LogP contribution in [0.25, 0.3) is 27.7 Å². The molecule has 0 amide bonds. The third-order valence-electron chi connectivity index (χ3n) is 5.28. The van der Waals surface area contributed by atoms with E-state index < -0.39 is 12.6 Å². The lowest BCUT2D eigenvalue weighted by molar-refractivity contribution is -0.131. The normalized spacial score (nSPS) is 16.1. The molecule has 0 unspecified atom stereocenters. The van der Waals surface area contributed by atoms with Crippen LogP contribution in [0.5, 0.6) is 0 Å². The number of alkyl halides is 3. The summed E-state index contributed by atoms with van der Waals surface area (Å²) >= 11 is 0. The molecular formula is C22H23F3N4. The Balaban J connectivity index is 1.61.